The van der Waals surface area contributed by atoms with Crippen LogP contribution in [0.1, 0.15) is 58.6 Å². The Kier molecular flexibility index (Phi) is 9.01. The van der Waals surface area contributed by atoms with Crippen molar-refractivity contribution in [1.82, 2.24) is 0 Å². The zero-order valence-corrected chi connectivity index (χ0v) is 31.1. The summed E-state index contributed by atoms with van der Waals surface area (Å²) in [5.74, 6) is 0. The molecule has 0 saturated heterocycles. The van der Waals surface area contributed by atoms with Crippen molar-refractivity contribution in [1.29, 1.82) is 0 Å². The molecule has 0 spiro atoms. The highest BCUT2D eigenvalue weighted by Crippen LogP contribution is 2.49. The molecule has 0 N–H and O–H groups in total. The summed E-state index contributed by atoms with van der Waals surface area (Å²) in [7, 11) is 0. The Morgan fingerprint density at radius 1 is 0.760 bits per heavy atom. The van der Waals surface area contributed by atoms with E-state index >= 15 is 0 Å². The van der Waals surface area contributed by atoms with E-state index in [9.17, 15) is 0 Å². The minimum Gasteiger partial charge on any atom is -0.344 e. The van der Waals surface area contributed by atoms with Crippen LogP contribution in [0.3, 0.4) is 0 Å². The summed E-state index contributed by atoms with van der Waals surface area (Å²) < 4.78 is 2.20. The molecular formula is C45H44Cl2N3+. The lowest BCUT2D eigenvalue weighted by Crippen LogP contribution is -2.26. The first-order valence-corrected chi connectivity index (χ1v) is 18.2. The lowest BCUT2D eigenvalue weighted by atomic mass is 9.81. The summed E-state index contributed by atoms with van der Waals surface area (Å²) >= 11 is 13.0. The smallest absolute Gasteiger partial charge is 0.215 e. The first-order valence-electron chi connectivity index (χ1n) is 17.5. The predicted molar refractivity (Wildman–Crippen MR) is 214 cm³/mol. The Morgan fingerprint density at radius 2 is 1.38 bits per heavy atom. The lowest BCUT2D eigenvalue weighted by molar-refractivity contribution is -0.356. The molecule has 252 valence electrons. The van der Waals surface area contributed by atoms with Gasteiger partial charge in [0.2, 0.25) is 5.69 Å². The second kappa shape index (κ2) is 13.3. The van der Waals surface area contributed by atoms with Crippen molar-refractivity contribution in [3.63, 3.8) is 0 Å². The molecule has 0 bridgehead atoms. The van der Waals surface area contributed by atoms with E-state index in [2.05, 4.69) is 165 Å². The Morgan fingerprint density at radius 3 is 2.00 bits per heavy atom. The fourth-order valence-corrected chi connectivity index (χ4v) is 8.35. The highest BCUT2D eigenvalue weighted by molar-refractivity contribution is 6.31. The molecule has 0 atom stereocenters. The van der Waals surface area contributed by atoms with Crippen molar-refractivity contribution >= 4 is 51.7 Å². The number of para-hydroxylation sites is 2. The van der Waals surface area contributed by atoms with Gasteiger partial charge in [0.25, 0.3) is 0 Å². The summed E-state index contributed by atoms with van der Waals surface area (Å²) in [6.07, 6.45) is 13.1. The van der Waals surface area contributed by atoms with Gasteiger partial charge in [0, 0.05) is 62.5 Å². The van der Waals surface area contributed by atoms with Crippen LogP contribution in [0.25, 0.3) is 0 Å². The summed E-state index contributed by atoms with van der Waals surface area (Å²) in [6.45, 7) is 16.4. The van der Waals surface area contributed by atoms with Gasteiger partial charge in [0.1, 0.15) is 0 Å². The monoisotopic (exact) mass is 696 g/mol. The van der Waals surface area contributed by atoms with E-state index in [0.717, 1.165) is 46.5 Å². The van der Waals surface area contributed by atoms with Crippen LogP contribution in [0.4, 0.5) is 22.7 Å². The molecule has 50 heavy (non-hydrogen) atoms. The number of benzene rings is 4. The summed E-state index contributed by atoms with van der Waals surface area (Å²) in [5, 5.41) is 1.52. The Bertz CT molecular complexity index is 2090. The molecule has 0 unspecified atom stereocenters. The number of hydrogen-bond acceptors (Lipinski definition) is 2. The molecule has 0 saturated carbocycles. The second-order valence-corrected chi connectivity index (χ2v) is 15.1. The maximum atomic E-state index is 6.52. The zero-order chi connectivity index (χ0) is 35.2. The van der Waals surface area contributed by atoms with Crippen LogP contribution >= 0.6 is 23.2 Å². The van der Waals surface area contributed by atoms with E-state index in [1.807, 2.05) is 18.3 Å². The minimum atomic E-state index is -0.249. The molecule has 0 aromatic heterocycles. The normalized spacial score (nSPS) is 19.2. The number of nitrogens with zero attached hydrogens (tertiary/aromatic N) is 3. The van der Waals surface area contributed by atoms with Crippen LogP contribution in [0, 0.1) is 0 Å². The minimum absolute atomic E-state index is 0.187. The van der Waals surface area contributed by atoms with Crippen molar-refractivity contribution in [2.24, 2.45) is 0 Å². The first-order chi connectivity index (χ1) is 24.1. The maximum absolute atomic E-state index is 6.52. The molecule has 0 radical (unpaired) electrons. The van der Waals surface area contributed by atoms with E-state index in [1.54, 1.807) is 0 Å². The van der Waals surface area contributed by atoms with Gasteiger partial charge in [-0.25, -0.2) is 0 Å². The van der Waals surface area contributed by atoms with Gasteiger partial charge in [0.05, 0.1) is 11.1 Å². The van der Waals surface area contributed by atoms with Crippen molar-refractivity contribution in [3.8, 4) is 0 Å². The highest BCUT2D eigenvalue weighted by atomic mass is 35.5. The molecule has 1 aliphatic carbocycles. The standard InChI is InChI=1S/C45H44Cl2N3/c1-7-48-39-25-23-33(46)29-37(39)44(3,4)41(48)27-21-31-19-20-32(43(31)50(35-15-11-9-12-16-35)36-17-13-10-14-18-36)22-28-42-45(5,6)38-30-34(47)24-26-40(38)49(42)8-2/h7,9-18,21-30H,1,8,19-20H2,2-6H3/q+1. The molecule has 7 rings (SSSR count). The van der Waals surface area contributed by atoms with Crippen molar-refractivity contribution in [2.75, 3.05) is 16.3 Å². The van der Waals surface area contributed by atoms with E-state index < -0.39 is 0 Å². The number of hydrogen-bond donors (Lipinski definition) is 0. The van der Waals surface area contributed by atoms with Gasteiger partial charge in [-0.2, -0.15) is 4.58 Å². The molecule has 4 aromatic carbocycles. The Hall–Kier alpha value is -4.57. The third-order valence-corrected chi connectivity index (χ3v) is 11.0. The molecule has 0 fully saturated rings. The predicted octanol–water partition coefficient (Wildman–Crippen LogP) is 12.6. The zero-order valence-electron chi connectivity index (χ0n) is 29.6. The average molecular weight is 698 g/mol. The fraction of sp³-hybridized carbons (Fsp3) is 0.222. The van der Waals surface area contributed by atoms with Gasteiger partial charge in [0.15, 0.2) is 11.9 Å². The fourth-order valence-electron chi connectivity index (χ4n) is 8.01. The average Bonchev–Trinajstić information content (AvgIpc) is 3.68. The number of fused-ring (bicyclic) bond motifs is 2. The summed E-state index contributed by atoms with van der Waals surface area (Å²) in [4.78, 5) is 4.85. The van der Waals surface area contributed by atoms with Gasteiger partial charge in [-0.15, -0.1) is 0 Å². The molecule has 2 aliphatic heterocycles. The van der Waals surface area contributed by atoms with Gasteiger partial charge in [-0.05, 0) is 118 Å². The van der Waals surface area contributed by atoms with Gasteiger partial charge < -0.3 is 9.80 Å². The van der Waals surface area contributed by atoms with Crippen molar-refractivity contribution in [3.05, 3.63) is 178 Å². The summed E-state index contributed by atoms with van der Waals surface area (Å²) in [5.41, 5.74) is 12.9. The number of rotatable bonds is 8. The van der Waals surface area contributed by atoms with Crippen LogP contribution in [-0.4, -0.2) is 16.8 Å². The number of allylic oxidation sites excluding steroid dienone is 7. The number of anilines is 3. The quantitative estimate of drug-likeness (QED) is 0.170. The van der Waals surface area contributed by atoms with Crippen LogP contribution in [0.2, 0.25) is 10.0 Å². The SMILES string of the molecule is C=C[N+]1=C(C=CC2=C(N(c3ccccc3)c3ccccc3)C(=CC=C3N(CC)c4ccc(Cl)cc4C3(C)C)CC2)C(C)(C)c2cc(Cl)ccc21. The largest absolute Gasteiger partial charge is 0.344 e. The van der Waals surface area contributed by atoms with Gasteiger partial charge >= 0.3 is 0 Å². The molecule has 4 aromatic rings. The van der Waals surface area contributed by atoms with E-state index in [0.29, 0.717) is 0 Å². The molecular weight excluding hydrogens is 653 g/mol. The van der Waals surface area contributed by atoms with Gasteiger partial charge in [-0.3, -0.25) is 0 Å². The molecule has 5 heteroatoms. The van der Waals surface area contributed by atoms with Crippen LogP contribution in [0.5, 0.6) is 0 Å². The molecule has 3 nitrogen and oxygen atoms in total. The molecule has 3 aliphatic rings. The summed E-state index contributed by atoms with van der Waals surface area (Å²) in [6, 6.07) is 33.8. The highest BCUT2D eigenvalue weighted by Gasteiger charge is 2.44. The molecule has 2 heterocycles. The third kappa shape index (κ3) is 5.77. The molecule has 0 amide bonds. The second-order valence-electron chi connectivity index (χ2n) is 14.2. The van der Waals surface area contributed by atoms with Crippen LogP contribution in [0.15, 0.2) is 157 Å². The number of halogens is 2. The van der Waals surface area contributed by atoms with E-state index in [-0.39, 0.29) is 10.8 Å². The van der Waals surface area contributed by atoms with Crippen molar-refractivity contribution < 1.29 is 4.58 Å². The number of likely N-dealkylation sites (N-methyl/N-ethyl adjacent to an activating group) is 1. The van der Waals surface area contributed by atoms with Gasteiger partial charge in [-0.1, -0.05) is 85.6 Å². The van der Waals surface area contributed by atoms with Crippen LogP contribution < -0.4 is 9.80 Å². The Labute approximate surface area is 307 Å². The first kappa shape index (κ1) is 33.9. The van der Waals surface area contributed by atoms with Crippen LogP contribution in [-0.2, 0) is 10.8 Å². The topological polar surface area (TPSA) is 9.49 Å². The van der Waals surface area contributed by atoms with Crippen molar-refractivity contribution in [2.45, 2.75) is 58.3 Å². The third-order valence-electron chi connectivity index (χ3n) is 10.6. The maximum Gasteiger partial charge on any atom is 0.215 e. The Balaban J connectivity index is 1.40. The van der Waals surface area contributed by atoms with E-state index in [4.69, 9.17) is 23.2 Å². The van der Waals surface area contributed by atoms with E-state index in [1.165, 1.54) is 45.1 Å². The lowest BCUT2D eigenvalue weighted by Gasteiger charge is -2.29.